The topological polar surface area (TPSA) is 136 Å². The second-order valence-electron chi connectivity index (χ2n) is 9.82. The van der Waals surface area contributed by atoms with Crippen molar-refractivity contribution in [1.82, 2.24) is 4.90 Å². The third kappa shape index (κ3) is 7.11. The summed E-state index contributed by atoms with van der Waals surface area (Å²) >= 11 is 6.15. The molecule has 0 aromatic heterocycles. The number of hydrogen-bond donors (Lipinski definition) is 2. The number of benzene rings is 3. The minimum Gasteiger partial charge on any atom is -0.481 e. The fraction of sp³-hybridized carbons (Fsp3) is 0.241. The Bertz CT molecular complexity index is 1640. The van der Waals surface area contributed by atoms with Gasteiger partial charge in [0.05, 0.1) is 23.3 Å². The van der Waals surface area contributed by atoms with E-state index in [1.165, 1.54) is 4.90 Å². The number of hydrogen-bond acceptors (Lipinski definition) is 6. The highest BCUT2D eigenvalue weighted by Gasteiger charge is 2.35. The van der Waals surface area contributed by atoms with Gasteiger partial charge in [-0.05, 0) is 65.6 Å². The summed E-state index contributed by atoms with van der Waals surface area (Å²) < 4.78 is 25.9. The molecule has 1 unspecified atom stereocenters. The monoisotopic (exact) mass is 596 g/mol. The molecular weight excluding hydrogens is 568 g/mol. The van der Waals surface area contributed by atoms with Crippen molar-refractivity contribution in [3.63, 3.8) is 0 Å². The number of amides is 2. The smallest absolute Gasteiger partial charge is 0.303 e. The summed E-state index contributed by atoms with van der Waals surface area (Å²) in [5.41, 5.74) is 3.84. The third-order valence-electron chi connectivity index (χ3n) is 6.54. The molecule has 0 saturated heterocycles. The number of carboxylic acids is 1. The Balaban J connectivity index is 1.78. The zero-order chi connectivity index (χ0) is 29.9. The molecule has 0 spiro atoms. The summed E-state index contributed by atoms with van der Waals surface area (Å²) in [6, 6.07) is 18.7. The summed E-state index contributed by atoms with van der Waals surface area (Å²) in [6.45, 7) is -0.357. The highest BCUT2D eigenvalue weighted by Crippen LogP contribution is 2.38. The number of nitrogens with zero attached hydrogens (tertiary/aromatic N) is 3. The number of carbonyl (C=O) groups excluding carboxylic acids is 2. The lowest BCUT2D eigenvalue weighted by molar-refractivity contribution is -0.137. The van der Waals surface area contributed by atoms with Crippen LogP contribution in [0.25, 0.3) is 0 Å². The molecule has 0 bridgehead atoms. The third-order valence-corrected chi connectivity index (χ3v) is 7.91. The van der Waals surface area contributed by atoms with Gasteiger partial charge in [-0.1, -0.05) is 35.9 Å². The summed E-state index contributed by atoms with van der Waals surface area (Å²) in [5, 5.41) is 12.5. The number of carbonyl (C=O) groups is 3. The number of aliphatic imine (C=N–C) groups is 1. The van der Waals surface area contributed by atoms with Crippen LogP contribution in [-0.2, 0) is 30.8 Å². The van der Waals surface area contributed by atoms with Gasteiger partial charge in [0.2, 0.25) is 21.8 Å². The zero-order valence-corrected chi connectivity index (χ0v) is 24.2. The largest absolute Gasteiger partial charge is 0.481 e. The lowest BCUT2D eigenvalue weighted by Gasteiger charge is -2.23. The molecule has 12 heteroatoms. The van der Waals surface area contributed by atoms with E-state index >= 15 is 0 Å². The van der Waals surface area contributed by atoms with Crippen molar-refractivity contribution in [3.8, 4) is 0 Å². The van der Waals surface area contributed by atoms with Crippen LogP contribution in [0.4, 0.5) is 17.1 Å². The SMILES string of the molecule is CN(C)C(=O)CN(c1ccc(N=C(c2cccc(CCC(=O)O)c2)C2C(=O)Nc3cc(Cl)ccc32)cc1)S(C)(=O)=O. The van der Waals surface area contributed by atoms with Crippen molar-refractivity contribution in [2.75, 3.05) is 36.5 Å². The van der Waals surface area contributed by atoms with E-state index in [1.54, 1.807) is 68.7 Å². The van der Waals surface area contributed by atoms with Crippen LogP contribution in [-0.4, -0.2) is 68.8 Å². The number of carboxylic acid groups (broad SMARTS) is 1. The van der Waals surface area contributed by atoms with Gasteiger partial charge in [-0.3, -0.25) is 23.7 Å². The number of rotatable bonds is 10. The van der Waals surface area contributed by atoms with E-state index in [2.05, 4.69) is 5.32 Å². The fourth-order valence-corrected chi connectivity index (χ4v) is 5.46. The summed E-state index contributed by atoms with van der Waals surface area (Å²) in [7, 11) is -0.663. The maximum Gasteiger partial charge on any atom is 0.303 e. The van der Waals surface area contributed by atoms with Crippen molar-refractivity contribution in [3.05, 3.63) is 88.4 Å². The Morgan fingerprint density at radius 3 is 2.39 bits per heavy atom. The Hall–Kier alpha value is -4.22. The van der Waals surface area contributed by atoms with Crippen LogP contribution in [0.3, 0.4) is 0 Å². The molecule has 2 N–H and O–H groups in total. The minimum absolute atomic E-state index is 0.0458. The van der Waals surface area contributed by atoms with E-state index in [0.29, 0.717) is 39.7 Å². The first-order chi connectivity index (χ1) is 19.3. The van der Waals surface area contributed by atoms with Crippen LogP contribution < -0.4 is 9.62 Å². The molecule has 41 heavy (non-hydrogen) atoms. The summed E-state index contributed by atoms with van der Waals surface area (Å²) in [5.74, 6) is -2.37. The molecule has 4 rings (SSSR count). The number of aryl methyl sites for hydroxylation is 1. The molecule has 10 nitrogen and oxygen atoms in total. The van der Waals surface area contributed by atoms with Gasteiger partial charge in [0.1, 0.15) is 12.5 Å². The molecule has 3 aromatic carbocycles. The molecular formula is C29H29ClN4O6S. The number of halogens is 1. The van der Waals surface area contributed by atoms with Crippen LogP contribution in [0, 0.1) is 0 Å². The van der Waals surface area contributed by atoms with E-state index in [0.717, 1.165) is 16.1 Å². The van der Waals surface area contributed by atoms with Crippen LogP contribution in [0.5, 0.6) is 0 Å². The predicted octanol–water partition coefficient (Wildman–Crippen LogP) is 4.07. The van der Waals surface area contributed by atoms with Crippen molar-refractivity contribution in [2.45, 2.75) is 18.8 Å². The first-order valence-corrected chi connectivity index (χ1v) is 14.8. The Labute approximate surface area is 243 Å². The average molecular weight is 597 g/mol. The molecule has 3 aromatic rings. The highest BCUT2D eigenvalue weighted by molar-refractivity contribution is 7.92. The normalized spacial score (nSPS) is 14.8. The van der Waals surface area contributed by atoms with Gasteiger partial charge in [-0.2, -0.15) is 0 Å². The molecule has 1 aliphatic rings. The van der Waals surface area contributed by atoms with Crippen LogP contribution in [0.15, 0.2) is 71.7 Å². The molecule has 1 heterocycles. The lowest BCUT2D eigenvalue weighted by Crippen LogP contribution is -2.39. The number of likely N-dealkylation sites (N-methyl/N-ethyl adjacent to an activating group) is 1. The number of anilines is 2. The lowest BCUT2D eigenvalue weighted by atomic mass is 9.89. The summed E-state index contributed by atoms with van der Waals surface area (Å²) in [6.07, 6.45) is 1.29. The number of nitrogens with one attached hydrogen (secondary N) is 1. The Kier molecular flexibility index (Phi) is 8.79. The van der Waals surface area contributed by atoms with Gasteiger partial charge in [0, 0.05) is 31.2 Å². The van der Waals surface area contributed by atoms with E-state index in [1.807, 2.05) is 12.1 Å². The first-order valence-electron chi connectivity index (χ1n) is 12.6. The Morgan fingerprint density at radius 1 is 1.05 bits per heavy atom. The number of sulfonamides is 1. The maximum absolute atomic E-state index is 13.2. The molecule has 214 valence electrons. The number of fused-ring (bicyclic) bond motifs is 1. The molecule has 2 amide bonds. The molecule has 0 saturated carbocycles. The van der Waals surface area contributed by atoms with E-state index in [-0.39, 0.29) is 30.5 Å². The predicted molar refractivity (Wildman–Crippen MR) is 159 cm³/mol. The maximum atomic E-state index is 13.2. The van der Waals surface area contributed by atoms with E-state index in [9.17, 15) is 22.8 Å². The van der Waals surface area contributed by atoms with Gasteiger partial charge in [0.15, 0.2) is 0 Å². The molecule has 0 aliphatic carbocycles. The molecule has 0 radical (unpaired) electrons. The fourth-order valence-electron chi connectivity index (χ4n) is 4.44. The van der Waals surface area contributed by atoms with E-state index < -0.39 is 21.9 Å². The van der Waals surface area contributed by atoms with Gasteiger partial charge < -0.3 is 15.3 Å². The van der Waals surface area contributed by atoms with Gasteiger partial charge in [0.25, 0.3) is 0 Å². The number of aliphatic carboxylic acids is 1. The van der Waals surface area contributed by atoms with Gasteiger partial charge in [-0.15, -0.1) is 0 Å². The van der Waals surface area contributed by atoms with Crippen molar-refractivity contribution in [2.24, 2.45) is 4.99 Å². The molecule has 0 fully saturated rings. The van der Waals surface area contributed by atoms with Crippen LogP contribution in [0.2, 0.25) is 5.02 Å². The second kappa shape index (κ2) is 12.1. The van der Waals surface area contributed by atoms with Crippen molar-refractivity contribution in [1.29, 1.82) is 0 Å². The quantitative estimate of drug-likeness (QED) is 0.339. The highest BCUT2D eigenvalue weighted by atomic mass is 35.5. The van der Waals surface area contributed by atoms with Crippen molar-refractivity contribution >= 4 is 62.2 Å². The zero-order valence-electron chi connectivity index (χ0n) is 22.7. The summed E-state index contributed by atoms with van der Waals surface area (Å²) in [4.78, 5) is 42.8. The van der Waals surface area contributed by atoms with Gasteiger partial charge in [-0.25, -0.2) is 8.42 Å². The van der Waals surface area contributed by atoms with Crippen LogP contribution >= 0.6 is 11.6 Å². The molecule has 1 atom stereocenters. The van der Waals surface area contributed by atoms with E-state index in [4.69, 9.17) is 21.7 Å². The standard InChI is InChI=1S/C29H29ClN4O6S/c1-33(2)25(35)17-34(41(3,39)40)22-11-9-21(10-12-22)31-28(19-6-4-5-18(15-19)7-14-26(36)37)27-23-13-8-20(30)16-24(23)32-29(27)38/h4-6,8-13,15-16,27H,7,14,17H2,1-3H3,(H,32,38)(H,36,37). The van der Waals surface area contributed by atoms with Crippen LogP contribution in [0.1, 0.15) is 29.0 Å². The van der Waals surface area contributed by atoms with Crippen molar-refractivity contribution < 1.29 is 27.9 Å². The molecule has 1 aliphatic heterocycles. The average Bonchev–Trinajstić information content (AvgIpc) is 3.23. The first kappa shape index (κ1) is 29.8. The second-order valence-corrected chi connectivity index (χ2v) is 12.2. The Morgan fingerprint density at radius 2 is 1.76 bits per heavy atom. The van der Waals surface area contributed by atoms with Gasteiger partial charge >= 0.3 is 5.97 Å². The minimum atomic E-state index is -3.75.